The maximum Gasteiger partial charge on any atom is 0.191 e. The van der Waals surface area contributed by atoms with Crippen molar-refractivity contribution in [1.29, 1.82) is 0 Å². The van der Waals surface area contributed by atoms with Gasteiger partial charge in [0.2, 0.25) is 0 Å². The van der Waals surface area contributed by atoms with E-state index in [9.17, 15) is 4.39 Å². The van der Waals surface area contributed by atoms with Crippen LogP contribution in [0.4, 0.5) is 10.1 Å². The molecule has 2 heterocycles. The molecule has 160 valence electrons. The van der Waals surface area contributed by atoms with Gasteiger partial charge in [0.25, 0.3) is 0 Å². The van der Waals surface area contributed by atoms with Crippen molar-refractivity contribution >= 4 is 11.6 Å². The zero-order valence-electron chi connectivity index (χ0n) is 17.3. The second-order valence-electron chi connectivity index (χ2n) is 7.83. The van der Waals surface area contributed by atoms with E-state index in [1.807, 2.05) is 12.1 Å². The first-order chi connectivity index (χ1) is 14.7. The lowest BCUT2D eigenvalue weighted by Gasteiger charge is -2.36. The number of anilines is 1. The van der Waals surface area contributed by atoms with E-state index < -0.39 is 0 Å². The number of aliphatic imine (C=N–C) groups is 1. The molecule has 2 N–H and O–H groups in total. The maximum absolute atomic E-state index is 13.1. The lowest BCUT2D eigenvalue weighted by molar-refractivity contribution is 0.0342. The smallest absolute Gasteiger partial charge is 0.191 e. The first-order valence-corrected chi connectivity index (χ1v) is 10.6. The number of hydrogen-bond acceptors (Lipinski definition) is 4. The van der Waals surface area contributed by atoms with E-state index in [1.54, 1.807) is 0 Å². The molecule has 2 aliphatic rings. The van der Waals surface area contributed by atoms with Crippen LogP contribution in [0.3, 0.4) is 0 Å². The summed E-state index contributed by atoms with van der Waals surface area (Å²) in [7, 11) is 0. The number of hydrogen-bond donors (Lipinski definition) is 1. The minimum absolute atomic E-state index is 0.206. The molecule has 0 saturated carbocycles. The summed E-state index contributed by atoms with van der Waals surface area (Å²) < 4.78 is 18.5. The number of guanidine groups is 1. The molecule has 2 aromatic rings. The highest BCUT2D eigenvalue weighted by atomic mass is 19.1. The second-order valence-corrected chi connectivity index (χ2v) is 7.83. The van der Waals surface area contributed by atoms with Gasteiger partial charge in [0, 0.05) is 51.5 Å². The Kier molecular flexibility index (Phi) is 6.81. The molecule has 0 aromatic heterocycles. The van der Waals surface area contributed by atoms with Gasteiger partial charge < -0.3 is 20.3 Å². The monoisotopic (exact) mass is 411 g/mol. The normalized spacial score (nSPS) is 18.6. The number of morpholine rings is 1. The van der Waals surface area contributed by atoms with Crippen LogP contribution in [0.25, 0.3) is 0 Å². The Labute approximate surface area is 177 Å². The van der Waals surface area contributed by atoms with Crippen LogP contribution in [0.2, 0.25) is 0 Å². The van der Waals surface area contributed by atoms with Gasteiger partial charge in [0.15, 0.2) is 5.96 Å². The summed E-state index contributed by atoms with van der Waals surface area (Å²) in [5, 5.41) is 0. The average molecular weight is 412 g/mol. The molecule has 2 aromatic carbocycles. The molecule has 0 spiro atoms. The molecule has 0 amide bonds. The van der Waals surface area contributed by atoms with Crippen LogP contribution in [-0.4, -0.2) is 68.2 Å². The summed E-state index contributed by atoms with van der Waals surface area (Å²) in [6.45, 7) is 8.50. The molecule has 2 aliphatic heterocycles. The fraction of sp³-hybridized carbons (Fsp3) is 0.435. The van der Waals surface area contributed by atoms with Crippen molar-refractivity contribution in [2.75, 3.05) is 57.4 Å². The largest absolute Gasteiger partial charge is 0.379 e. The molecule has 30 heavy (non-hydrogen) atoms. The number of benzene rings is 2. The zero-order valence-corrected chi connectivity index (χ0v) is 17.3. The van der Waals surface area contributed by atoms with Gasteiger partial charge in [-0.2, -0.15) is 0 Å². The SMILES string of the molecule is NC(=NCc1ccc(CN2CCOCC2)cc1)N1CCN(c2ccc(F)cc2)CC1. The lowest BCUT2D eigenvalue weighted by Crippen LogP contribution is -2.51. The number of nitrogens with two attached hydrogens (primary N) is 1. The molecule has 2 saturated heterocycles. The summed E-state index contributed by atoms with van der Waals surface area (Å²) in [6.07, 6.45) is 0. The van der Waals surface area contributed by atoms with Crippen LogP contribution in [0, 0.1) is 5.82 Å². The highest BCUT2D eigenvalue weighted by molar-refractivity contribution is 5.78. The van der Waals surface area contributed by atoms with Gasteiger partial charge in [-0.3, -0.25) is 4.90 Å². The van der Waals surface area contributed by atoms with E-state index in [4.69, 9.17) is 10.5 Å². The first kappa shape index (κ1) is 20.6. The molecule has 0 atom stereocenters. The molecular weight excluding hydrogens is 381 g/mol. The second kappa shape index (κ2) is 9.91. The maximum atomic E-state index is 13.1. The molecule has 0 bridgehead atoms. The van der Waals surface area contributed by atoms with Gasteiger partial charge in [-0.05, 0) is 35.4 Å². The van der Waals surface area contributed by atoms with Crippen LogP contribution in [0.15, 0.2) is 53.5 Å². The number of rotatable bonds is 5. The third-order valence-electron chi connectivity index (χ3n) is 5.75. The Hall–Kier alpha value is -2.64. The highest BCUT2D eigenvalue weighted by Gasteiger charge is 2.18. The predicted octanol–water partition coefficient (Wildman–Crippen LogP) is 2.29. The third-order valence-corrected chi connectivity index (χ3v) is 5.75. The van der Waals surface area contributed by atoms with Crippen molar-refractivity contribution in [3.05, 3.63) is 65.5 Å². The molecule has 0 radical (unpaired) electrons. The first-order valence-electron chi connectivity index (χ1n) is 10.6. The van der Waals surface area contributed by atoms with E-state index in [0.29, 0.717) is 12.5 Å². The van der Waals surface area contributed by atoms with Crippen molar-refractivity contribution in [3.63, 3.8) is 0 Å². The summed E-state index contributed by atoms with van der Waals surface area (Å²) in [4.78, 5) is 11.4. The lowest BCUT2D eigenvalue weighted by atomic mass is 10.1. The molecule has 0 aliphatic carbocycles. The van der Waals surface area contributed by atoms with Gasteiger partial charge in [0.1, 0.15) is 5.82 Å². The Morgan fingerprint density at radius 3 is 2.17 bits per heavy atom. The molecular formula is C23H30FN5O. The number of piperazine rings is 1. The Balaban J connectivity index is 1.25. The van der Waals surface area contributed by atoms with Gasteiger partial charge >= 0.3 is 0 Å². The van der Waals surface area contributed by atoms with Crippen molar-refractivity contribution in [3.8, 4) is 0 Å². The topological polar surface area (TPSA) is 57.3 Å². The van der Waals surface area contributed by atoms with Crippen molar-refractivity contribution < 1.29 is 9.13 Å². The van der Waals surface area contributed by atoms with Crippen LogP contribution in [0.5, 0.6) is 0 Å². The summed E-state index contributed by atoms with van der Waals surface area (Å²) in [5.74, 6) is 0.383. The van der Waals surface area contributed by atoms with Crippen LogP contribution >= 0.6 is 0 Å². The van der Waals surface area contributed by atoms with Crippen LogP contribution < -0.4 is 10.6 Å². The van der Waals surface area contributed by atoms with Gasteiger partial charge in [-0.25, -0.2) is 9.38 Å². The van der Waals surface area contributed by atoms with Crippen molar-refractivity contribution in [2.24, 2.45) is 10.7 Å². The quantitative estimate of drug-likeness (QED) is 0.604. The van der Waals surface area contributed by atoms with E-state index in [0.717, 1.165) is 70.3 Å². The molecule has 6 nitrogen and oxygen atoms in total. The summed E-state index contributed by atoms with van der Waals surface area (Å²) in [5.41, 5.74) is 9.76. The predicted molar refractivity (Wildman–Crippen MR) is 118 cm³/mol. The molecule has 4 rings (SSSR count). The van der Waals surface area contributed by atoms with E-state index in [1.165, 1.54) is 17.7 Å². The van der Waals surface area contributed by atoms with E-state index in [-0.39, 0.29) is 5.82 Å². The fourth-order valence-corrected chi connectivity index (χ4v) is 3.89. The highest BCUT2D eigenvalue weighted by Crippen LogP contribution is 2.17. The van der Waals surface area contributed by atoms with Gasteiger partial charge in [-0.15, -0.1) is 0 Å². The standard InChI is InChI=1S/C23H30FN5O/c24-21-5-7-22(8-6-21)28-9-11-29(12-10-28)23(25)26-17-19-1-3-20(4-2-19)18-27-13-15-30-16-14-27/h1-8H,9-18H2,(H2,25,26). The van der Waals surface area contributed by atoms with Gasteiger partial charge in [-0.1, -0.05) is 24.3 Å². The third kappa shape index (κ3) is 5.49. The molecule has 0 unspecified atom stereocenters. The van der Waals surface area contributed by atoms with Crippen molar-refractivity contribution in [1.82, 2.24) is 9.80 Å². The van der Waals surface area contributed by atoms with Gasteiger partial charge in [0.05, 0.1) is 19.8 Å². The van der Waals surface area contributed by atoms with Crippen molar-refractivity contribution in [2.45, 2.75) is 13.1 Å². The average Bonchev–Trinajstić information content (AvgIpc) is 2.80. The Bertz CT molecular complexity index is 826. The molecule has 2 fully saturated rings. The zero-order chi connectivity index (χ0) is 20.8. The van der Waals surface area contributed by atoms with E-state index in [2.05, 4.69) is 44.0 Å². The molecule has 7 heteroatoms. The van der Waals surface area contributed by atoms with Crippen LogP contribution in [-0.2, 0) is 17.8 Å². The number of ether oxygens (including phenoxy) is 1. The summed E-state index contributed by atoms with van der Waals surface area (Å²) in [6, 6.07) is 15.3. The fourth-order valence-electron chi connectivity index (χ4n) is 3.89. The Morgan fingerprint density at radius 1 is 0.867 bits per heavy atom. The number of nitrogens with zero attached hydrogens (tertiary/aromatic N) is 4. The van der Waals surface area contributed by atoms with Crippen LogP contribution in [0.1, 0.15) is 11.1 Å². The summed E-state index contributed by atoms with van der Waals surface area (Å²) >= 11 is 0. The van der Waals surface area contributed by atoms with E-state index >= 15 is 0 Å². The number of halogens is 1. The minimum Gasteiger partial charge on any atom is -0.379 e. The Morgan fingerprint density at radius 2 is 1.50 bits per heavy atom. The minimum atomic E-state index is -0.206.